The number of para-hydroxylation sites is 2. The number of benzene rings is 2. The number of aromatic nitrogens is 3. The zero-order valence-electron chi connectivity index (χ0n) is 13.3. The molecule has 0 saturated carbocycles. The number of hydrogen-bond donors (Lipinski definition) is 3. The second-order valence-corrected chi connectivity index (χ2v) is 5.83. The second-order valence-electron chi connectivity index (χ2n) is 5.83. The molecule has 1 amide bonds. The van der Waals surface area contributed by atoms with Gasteiger partial charge in [0.2, 0.25) is 5.91 Å². The van der Waals surface area contributed by atoms with Gasteiger partial charge in [0, 0.05) is 18.5 Å². The molecule has 0 atom stereocenters. The standard InChI is InChI=1S/C18H16N4O3/c23-17(19-11-8-9-15-14(10-11)22-18(24)25-15)7-3-6-16-20-12-4-1-2-5-13(12)21-16/h1-2,4-5,8-10H,3,6-7H2,(H,19,23)(H,20,21)(H,22,24). The third kappa shape index (κ3) is 3.30. The van der Waals surface area contributed by atoms with E-state index in [0.717, 1.165) is 16.9 Å². The first-order valence-electron chi connectivity index (χ1n) is 8.04. The molecule has 0 unspecified atom stereocenters. The Kier molecular flexibility index (Phi) is 3.81. The van der Waals surface area contributed by atoms with E-state index in [9.17, 15) is 9.59 Å². The van der Waals surface area contributed by atoms with Gasteiger partial charge in [-0.1, -0.05) is 12.1 Å². The highest BCUT2D eigenvalue weighted by Gasteiger charge is 2.07. The Hall–Kier alpha value is -3.35. The van der Waals surface area contributed by atoms with E-state index in [-0.39, 0.29) is 5.91 Å². The van der Waals surface area contributed by atoms with E-state index < -0.39 is 5.76 Å². The minimum atomic E-state index is -0.510. The van der Waals surface area contributed by atoms with Crippen LogP contribution in [0.1, 0.15) is 18.7 Å². The number of fused-ring (bicyclic) bond motifs is 2. The molecular formula is C18H16N4O3. The smallest absolute Gasteiger partial charge is 0.408 e. The van der Waals surface area contributed by atoms with E-state index in [4.69, 9.17) is 4.42 Å². The van der Waals surface area contributed by atoms with Gasteiger partial charge in [0.15, 0.2) is 5.58 Å². The molecule has 2 aromatic heterocycles. The summed E-state index contributed by atoms with van der Waals surface area (Å²) in [7, 11) is 0. The number of amides is 1. The topological polar surface area (TPSA) is 104 Å². The van der Waals surface area contributed by atoms with Crippen molar-refractivity contribution in [1.29, 1.82) is 0 Å². The fourth-order valence-electron chi connectivity index (χ4n) is 2.79. The Balaban J connectivity index is 1.34. The highest BCUT2D eigenvalue weighted by molar-refractivity contribution is 5.92. The fraction of sp³-hybridized carbons (Fsp3) is 0.167. The van der Waals surface area contributed by atoms with Gasteiger partial charge in [-0.25, -0.2) is 9.78 Å². The monoisotopic (exact) mass is 336 g/mol. The maximum Gasteiger partial charge on any atom is 0.417 e. The molecule has 0 bridgehead atoms. The van der Waals surface area contributed by atoms with Crippen LogP contribution >= 0.6 is 0 Å². The quantitative estimate of drug-likeness (QED) is 0.521. The van der Waals surface area contributed by atoms with Crippen molar-refractivity contribution in [2.75, 3.05) is 5.32 Å². The zero-order valence-corrected chi connectivity index (χ0v) is 13.3. The van der Waals surface area contributed by atoms with Crippen LogP contribution in [0.4, 0.5) is 5.69 Å². The van der Waals surface area contributed by atoms with Crippen molar-refractivity contribution in [3.8, 4) is 0 Å². The molecule has 7 nitrogen and oxygen atoms in total. The number of aryl methyl sites for hydroxylation is 1. The number of anilines is 1. The van der Waals surface area contributed by atoms with Crippen molar-refractivity contribution in [3.63, 3.8) is 0 Å². The van der Waals surface area contributed by atoms with Gasteiger partial charge < -0.3 is 14.7 Å². The highest BCUT2D eigenvalue weighted by atomic mass is 16.4. The van der Waals surface area contributed by atoms with Gasteiger partial charge in [0.05, 0.1) is 16.6 Å². The number of imidazole rings is 1. The van der Waals surface area contributed by atoms with Gasteiger partial charge in [-0.3, -0.25) is 9.78 Å². The molecule has 0 aliphatic rings. The third-order valence-electron chi connectivity index (χ3n) is 3.96. The summed E-state index contributed by atoms with van der Waals surface area (Å²) in [5.74, 6) is 0.289. The van der Waals surface area contributed by atoms with Gasteiger partial charge >= 0.3 is 5.76 Å². The van der Waals surface area contributed by atoms with Crippen molar-refractivity contribution >= 4 is 33.7 Å². The van der Waals surface area contributed by atoms with Crippen molar-refractivity contribution in [1.82, 2.24) is 15.0 Å². The summed E-state index contributed by atoms with van der Waals surface area (Å²) in [6.07, 6.45) is 1.78. The molecule has 0 spiro atoms. The molecule has 2 aromatic carbocycles. The van der Waals surface area contributed by atoms with Gasteiger partial charge in [0.25, 0.3) is 0 Å². The average Bonchev–Trinajstić information content (AvgIpc) is 3.16. The van der Waals surface area contributed by atoms with Crippen LogP contribution in [0.2, 0.25) is 0 Å². The third-order valence-corrected chi connectivity index (χ3v) is 3.96. The summed E-state index contributed by atoms with van der Waals surface area (Å²) in [5.41, 5.74) is 3.59. The van der Waals surface area contributed by atoms with Crippen molar-refractivity contribution in [3.05, 3.63) is 58.8 Å². The van der Waals surface area contributed by atoms with Gasteiger partial charge in [-0.15, -0.1) is 0 Å². The summed E-state index contributed by atoms with van der Waals surface area (Å²) in [4.78, 5) is 33.5. The van der Waals surface area contributed by atoms with Crippen molar-refractivity contribution < 1.29 is 9.21 Å². The largest absolute Gasteiger partial charge is 0.417 e. The van der Waals surface area contributed by atoms with Crippen molar-refractivity contribution in [2.24, 2.45) is 0 Å². The van der Waals surface area contributed by atoms with Gasteiger partial charge in [-0.05, 0) is 36.8 Å². The first kappa shape index (κ1) is 15.2. The molecule has 7 heteroatoms. The first-order valence-corrected chi connectivity index (χ1v) is 8.04. The minimum absolute atomic E-state index is 0.0821. The maximum atomic E-state index is 12.1. The van der Waals surface area contributed by atoms with Crippen LogP contribution in [-0.4, -0.2) is 20.9 Å². The Labute approximate surface area is 142 Å². The van der Waals surface area contributed by atoms with E-state index in [1.165, 1.54) is 0 Å². The number of H-pyrrole nitrogens is 2. The molecule has 25 heavy (non-hydrogen) atoms. The second kappa shape index (κ2) is 6.27. The Morgan fingerprint density at radius 3 is 2.88 bits per heavy atom. The number of rotatable bonds is 5. The van der Waals surface area contributed by atoms with E-state index in [2.05, 4.69) is 20.3 Å². The van der Waals surface area contributed by atoms with Gasteiger partial charge in [-0.2, -0.15) is 0 Å². The molecule has 3 N–H and O–H groups in total. The number of hydrogen-bond acceptors (Lipinski definition) is 4. The molecule has 0 radical (unpaired) electrons. The lowest BCUT2D eigenvalue weighted by Gasteiger charge is -2.04. The van der Waals surface area contributed by atoms with Crippen LogP contribution in [0.15, 0.2) is 51.7 Å². The van der Waals surface area contributed by atoms with Crippen LogP contribution in [0, 0.1) is 0 Å². The fourth-order valence-corrected chi connectivity index (χ4v) is 2.79. The molecule has 4 rings (SSSR count). The molecule has 2 heterocycles. The van der Waals surface area contributed by atoms with E-state index in [1.54, 1.807) is 18.2 Å². The predicted molar refractivity (Wildman–Crippen MR) is 94.5 cm³/mol. The van der Waals surface area contributed by atoms with Crippen LogP contribution < -0.4 is 11.1 Å². The maximum absolute atomic E-state index is 12.1. The first-order chi connectivity index (χ1) is 12.2. The van der Waals surface area contributed by atoms with Crippen LogP contribution in [0.5, 0.6) is 0 Å². The zero-order chi connectivity index (χ0) is 17.2. The summed E-state index contributed by atoms with van der Waals surface area (Å²) < 4.78 is 4.93. The lowest BCUT2D eigenvalue weighted by Crippen LogP contribution is -2.11. The highest BCUT2D eigenvalue weighted by Crippen LogP contribution is 2.17. The average molecular weight is 336 g/mol. The van der Waals surface area contributed by atoms with E-state index in [1.807, 2.05) is 24.3 Å². The molecule has 0 fully saturated rings. The van der Waals surface area contributed by atoms with E-state index >= 15 is 0 Å². The lowest BCUT2D eigenvalue weighted by atomic mass is 10.2. The number of oxazole rings is 1. The molecule has 0 aliphatic carbocycles. The number of carbonyl (C=O) groups excluding carboxylic acids is 1. The molecule has 0 saturated heterocycles. The van der Waals surface area contributed by atoms with Crippen LogP contribution in [-0.2, 0) is 11.2 Å². The van der Waals surface area contributed by atoms with Gasteiger partial charge in [0.1, 0.15) is 5.82 Å². The molecule has 0 aliphatic heterocycles. The predicted octanol–water partition coefficient (Wildman–Crippen LogP) is 2.96. The Morgan fingerprint density at radius 2 is 2.00 bits per heavy atom. The number of carbonyl (C=O) groups is 1. The summed E-state index contributed by atoms with van der Waals surface area (Å²) in [5, 5.41) is 2.82. The number of nitrogens with zero attached hydrogens (tertiary/aromatic N) is 1. The summed E-state index contributed by atoms with van der Waals surface area (Å²) >= 11 is 0. The summed E-state index contributed by atoms with van der Waals surface area (Å²) in [6.45, 7) is 0. The molecular weight excluding hydrogens is 320 g/mol. The number of aromatic amines is 2. The minimum Gasteiger partial charge on any atom is -0.408 e. The van der Waals surface area contributed by atoms with Crippen molar-refractivity contribution in [2.45, 2.75) is 19.3 Å². The summed E-state index contributed by atoms with van der Waals surface area (Å²) in [6, 6.07) is 12.9. The Morgan fingerprint density at radius 1 is 1.12 bits per heavy atom. The lowest BCUT2D eigenvalue weighted by molar-refractivity contribution is -0.116. The SMILES string of the molecule is O=C(CCCc1nc2ccccc2[nH]1)Nc1ccc2oc(=O)[nH]c2c1. The Bertz CT molecular complexity index is 1070. The van der Waals surface area contributed by atoms with Crippen LogP contribution in [0.25, 0.3) is 22.1 Å². The normalized spacial score (nSPS) is 11.2. The number of nitrogens with one attached hydrogen (secondary N) is 3. The van der Waals surface area contributed by atoms with Crippen LogP contribution in [0.3, 0.4) is 0 Å². The van der Waals surface area contributed by atoms with E-state index in [0.29, 0.717) is 36.0 Å². The molecule has 126 valence electrons. The molecule has 4 aromatic rings.